The number of hydrogen-bond donors (Lipinski definition) is 2. The Balaban J connectivity index is 1.85. The first kappa shape index (κ1) is 17.1. The fourth-order valence-corrected chi connectivity index (χ4v) is 2.21. The molecule has 0 unspecified atom stereocenters. The largest absolute Gasteiger partial charge is 0.363 e. The number of amides is 1. The molecule has 0 bridgehead atoms. The summed E-state index contributed by atoms with van der Waals surface area (Å²) < 4.78 is 0.771. The standard InChI is InChI=1S/C15H19BrN6O/c1-10-6-13(22(2)3)21-15(20-10)19-5-4-18-14(23)11-7-12(16)9-17-8-11/h6-9H,4-5H2,1-3H3,(H,18,23)(H,19,20,21). The topological polar surface area (TPSA) is 83.0 Å². The molecule has 23 heavy (non-hydrogen) atoms. The Labute approximate surface area is 143 Å². The maximum Gasteiger partial charge on any atom is 0.252 e. The third-order valence-corrected chi connectivity index (χ3v) is 3.39. The Bertz CT molecular complexity index is 691. The highest BCUT2D eigenvalue weighted by Gasteiger charge is 2.06. The van der Waals surface area contributed by atoms with E-state index in [0.717, 1.165) is 16.0 Å². The van der Waals surface area contributed by atoms with Crippen molar-refractivity contribution in [1.29, 1.82) is 0 Å². The van der Waals surface area contributed by atoms with Gasteiger partial charge >= 0.3 is 0 Å². The lowest BCUT2D eigenvalue weighted by Crippen LogP contribution is -2.29. The van der Waals surface area contributed by atoms with E-state index in [2.05, 4.69) is 41.5 Å². The molecule has 2 aromatic heterocycles. The van der Waals surface area contributed by atoms with Crippen LogP contribution in [0.4, 0.5) is 11.8 Å². The van der Waals surface area contributed by atoms with Crippen LogP contribution in [0.5, 0.6) is 0 Å². The van der Waals surface area contributed by atoms with Crippen molar-refractivity contribution < 1.29 is 4.79 Å². The minimum absolute atomic E-state index is 0.167. The lowest BCUT2D eigenvalue weighted by molar-refractivity contribution is 0.0954. The number of nitrogens with one attached hydrogen (secondary N) is 2. The summed E-state index contributed by atoms with van der Waals surface area (Å²) in [5.74, 6) is 1.22. The predicted molar refractivity (Wildman–Crippen MR) is 93.9 cm³/mol. The van der Waals surface area contributed by atoms with Gasteiger partial charge in [0.1, 0.15) is 5.82 Å². The van der Waals surface area contributed by atoms with Crippen molar-refractivity contribution in [1.82, 2.24) is 20.3 Å². The molecule has 0 fully saturated rings. The molecule has 2 aromatic rings. The monoisotopic (exact) mass is 378 g/mol. The van der Waals surface area contributed by atoms with Crippen LogP contribution in [0.15, 0.2) is 29.0 Å². The van der Waals surface area contributed by atoms with Gasteiger partial charge in [0, 0.05) is 55.8 Å². The second-order valence-electron chi connectivity index (χ2n) is 5.16. The number of rotatable bonds is 6. The van der Waals surface area contributed by atoms with E-state index in [1.54, 1.807) is 12.3 Å². The van der Waals surface area contributed by atoms with E-state index < -0.39 is 0 Å². The highest BCUT2D eigenvalue weighted by atomic mass is 79.9. The summed E-state index contributed by atoms with van der Waals surface area (Å²) >= 11 is 3.29. The maximum atomic E-state index is 12.0. The number of aryl methyl sites for hydroxylation is 1. The maximum absolute atomic E-state index is 12.0. The molecule has 1 amide bonds. The van der Waals surface area contributed by atoms with Crippen molar-refractivity contribution in [2.45, 2.75) is 6.92 Å². The van der Waals surface area contributed by atoms with Crippen LogP contribution >= 0.6 is 15.9 Å². The molecular formula is C15H19BrN6O. The van der Waals surface area contributed by atoms with Gasteiger partial charge in [-0.05, 0) is 28.9 Å². The summed E-state index contributed by atoms with van der Waals surface area (Å²) in [6.45, 7) is 2.91. The van der Waals surface area contributed by atoms with Gasteiger partial charge in [-0.2, -0.15) is 4.98 Å². The smallest absolute Gasteiger partial charge is 0.252 e. The Morgan fingerprint density at radius 2 is 2.00 bits per heavy atom. The average molecular weight is 379 g/mol. The molecule has 2 N–H and O–H groups in total. The summed E-state index contributed by atoms with van der Waals surface area (Å²) in [6.07, 6.45) is 3.16. The second kappa shape index (κ2) is 7.87. The van der Waals surface area contributed by atoms with Crippen molar-refractivity contribution in [3.05, 3.63) is 40.3 Å². The quantitative estimate of drug-likeness (QED) is 0.746. The molecule has 2 rings (SSSR count). The number of aromatic nitrogens is 3. The third-order valence-electron chi connectivity index (χ3n) is 2.96. The molecule has 8 heteroatoms. The number of carbonyl (C=O) groups excluding carboxylic acids is 1. The van der Waals surface area contributed by atoms with Gasteiger partial charge in [-0.15, -0.1) is 0 Å². The molecule has 0 spiro atoms. The molecule has 2 heterocycles. The molecule has 0 saturated carbocycles. The molecular weight excluding hydrogens is 360 g/mol. The fraction of sp³-hybridized carbons (Fsp3) is 0.333. The molecule has 0 atom stereocenters. The first-order chi connectivity index (χ1) is 11.0. The number of carbonyl (C=O) groups is 1. The second-order valence-corrected chi connectivity index (χ2v) is 6.08. The molecule has 0 saturated heterocycles. The fourth-order valence-electron chi connectivity index (χ4n) is 1.85. The zero-order valence-corrected chi connectivity index (χ0v) is 14.9. The van der Waals surface area contributed by atoms with E-state index in [9.17, 15) is 4.79 Å². The van der Waals surface area contributed by atoms with Gasteiger partial charge in [0.2, 0.25) is 5.95 Å². The van der Waals surface area contributed by atoms with E-state index in [1.165, 1.54) is 6.20 Å². The Morgan fingerprint density at radius 3 is 2.70 bits per heavy atom. The summed E-state index contributed by atoms with van der Waals surface area (Å²) in [4.78, 5) is 26.6. The lowest BCUT2D eigenvalue weighted by atomic mass is 10.3. The van der Waals surface area contributed by atoms with Gasteiger partial charge in [0.05, 0.1) is 5.56 Å². The first-order valence-electron chi connectivity index (χ1n) is 7.11. The SMILES string of the molecule is Cc1cc(N(C)C)nc(NCCNC(=O)c2cncc(Br)c2)n1. The van der Waals surface area contributed by atoms with Gasteiger partial charge in [-0.1, -0.05) is 0 Å². The molecule has 0 aliphatic carbocycles. The van der Waals surface area contributed by atoms with Crippen LogP contribution in [-0.2, 0) is 0 Å². The number of nitrogens with zero attached hydrogens (tertiary/aromatic N) is 4. The Morgan fingerprint density at radius 1 is 1.22 bits per heavy atom. The van der Waals surface area contributed by atoms with Crippen LogP contribution in [0.3, 0.4) is 0 Å². The number of hydrogen-bond acceptors (Lipinski definition) is 6. The summed E-state index contributed by atoms with van der Waals surface area (Å²) in [7, 11) is 3.86. The van der Waals surface area contributed by atoms with Gasteiger partial charge in [0.25, 0.3) is 5.91 Å². The zero-order chi connectivity index (χ0) is 16.8. The van der Waals surface area contributed by atoms with Gasteiger partial charge < -0.3 is 15.5 Å². The molecule has 0 aliphatic heterocycles. The van der Waals surface area contributed by atoms with Crippen molar-refractivity contribution >= 4 is 33.6 Å². The van der Waals surface area contributed by atoms with Crippen LogP contribution < -0.4 is 15.5 Å². The first-order valence-corrected chi connectivity index (χ1v) is 7.90. The molecule has 0 radical (unpaired) electrons. The highest BCUT2D eigenvalue weighted by Crippen LogP contribution is 2.12. The van der Waals surface area contributed by atoms with Crippen LogP contribution in [0, 0.1) is 6.92 Å². The molecule has 7 nitrogen and oxygen atoms in total. The average Bonchev–Trinajstić information content (AvgIpc) is 2.50. The van der Waals surface area contributed by atoms with Crippen LogP contribution in [-0.4, -0.2) is 48.0 Å². The Kier molecular flexibility index (Phi) is 5.86. The minimum atomic E-state index is -0.167. The van der Waals surface area contributed by atoms with Gasteiger partial charge in [-0.25, -0.2) is 4.98 Å². The van der Waals surface area contributed by atoms with Crippen molar-refractivity contribution in [3.8, 4) is 0 Å². The van der Waals surface area contributed by atoms with E-state index in [0.29, 0.717) is 24.6 Å². The summed E-state index contributed by atoms with van der Waals surface area (Å²) in [5.41, 5.74) is 1.40. The van der Waals surface area contributed by atoms with Crippen LogP contribution in [0.1, 0.15) is 16.1 Å². The Hall–Kier alpha value is -2.22. The van der Waals surface area contributed by atoms with Crippen LogP contribution in [0.25, 0.3) is 0 Å². The summed E-state index contributed by atoms with van der Waals surface area (Å²) in [6, 6.07) is 3.63. The third kappa shape index (κ3) is 5.17. The zero-order valence-electron chi connectivity index (χ0n) is 13.3. The summed E-state index contributed by atoms with van der Waals surface area (Å²) in [5, 5.41) is 5.93. The van der Waals surface area contributed by atoms with Crippen molar-refractivity contribution in [2.75, 3.05) is 37.4 Å². The van der Waals surface area contributed by atoms with E-state index in [-0.39, 0.29) is 5.91 Å². The molecule has 122 valence electrons. The van der Waals surface area contributed by atoms with Gasteiger partial charge in [-0.3, -0.25) is 9.78 Å². The molecule has 0 aromatic carbocycles. The van der Waals surface area contributed by atoms with Crippen molar-refractivity contribution in [2.24, 2.45) is 0 Å². The minimum Gasteiger partial charge on any atom is -0.363 e. The number of anilines is 2. The van der Waals surface area contributed by atoms with Crippen LogP contribution in [0.2, 0.25) is 0 Å². The van der Waals surface area contributed by atoms with Gasteiger partial charge in [0.15, 0.2) is 0 Å². The van der Waals surface area contributed by atoms with Crippen molar-refractivity contribution in [3.63, 3.8) is 0 Å². The normalized spacial score (nSPS) is 10.3. The number of halogens is 1. The van der Waals surface area contributed by atoms with E-state index in [4.69, 9.17) is 0 Å². The van der Waals surface area contributed by atoms with E-state index in [1.807, 2.05) is 32.0 Å². The van der Waals surface area contributed by atoms with E-state index >= 15 is 0 Å². The highest BCUT2D eigenvalue weighted by molar-refractivity contribution is 9.10. The predicted octanol–water partition coefficient (Wildman–Crippen LogP) is 1.85. The lowest BCUT2D eigenvalue weighted by Gasteiger charge is -2.14. The number of pyridine rings is 1. The molecule has 0 aliphatic rings.